The van der Waals surface area contributed by atoms with Gasteiger partial charge in [0.15, 0.2) is 0 Å². The highest BCUT2D eigenvalue weighted by molar-refractivity contribution is 5.67. The molecule has 0 aromatic carbocycles. The van der Waals surface area contributed by atoms with E-state index in [0.717, 1.165) is 45.0 Å². The Morgan fingerprint density at radius 2 is 1.96 bits per heavy atom. The molecule has 24 heavy (non-hydrogen) atoms. The van der Waals surface area contributed by atoms with Gasteiger partial charge in [0.1, 0.15) is 5.60 Å². The van der Waals surface area contributed by atoms with E-state index < -0.39 is 5.60 Å². The van der Waals surface area contributed by atoms with Gasteiger partial charge in [0.25, 0.3) is 0 Å². The number of hydrazine groups is 1. The van der Waals surface area contributed by atoms with Crippen LogP contribution in [0.3, 0.4) is 0 Å². The number of rotatable bonds is 5. The molecule has 7 heteroatoms. The largest absolute Gasteiger partial charge is 0.443 e. The average molecular weight is 335 g/mol. The number of anilines is 1. The summed E-state index contributed by atoms with van der Waals surface area (Å²) in [4.78, 5) is 22.7. The van der Waals surface area contributed by atoms with Crippen LogP contribution in [0.4, 0.5) is 10.7 Å². The molecular formula is C17H29N5O2. The van der Waals surface area contributed by atoms with E-state index in [1.807, 2.05) is 38.8 Å². The molecule has 0 atom stereocenters. The summed E-state index contributed by atoms with van der Waals surface area (Å²) in [5.41, 5.74) is 2.37. The molecule has 1 saturated heterocycles. The van der Waals surface area contributed by atoms with Crippen LogP contribution in [0, 0.1) is 5.92 Å². The van der Waals surface area contributed by atoms with E-state index in [1.54, 1.807) is 12.4 Å². The molecule has 1 aliphatic rings. The maximum atomic E-state index is 11.9. The van der Waals surface area contributed by atoms with Gasteiger partial charge in [0.05, 0.1) is 0 Å². The van der Waals surface area contributed by atoms with E-state index in [2.05, 4.69) is 20.3 Å². The summed E-state index contributed by atoms with van der Waals surface area (Å²) in [7, 11) is 0. The molecule has 2 rings (SSSR count). The Balaban J connectivity index is 1.78. The molecule has 1 amide bonds. The first kappa shape index (κ1) is 18.4. The second kappa shape index (κ2) is 8.28. The van der Waals surface area contributed by atoms with Crippen molar-refractivity contribution in [1.29, 1.82) is 0 Å². The van der Waals surface area contributed by atoms with Crippen LogP contribution in [0.2, 0.25) is 0 Å². The lowest BCUT2D eigenvalue weighted by Gasteiger charge is -2.34. The Labute approximate surface area is 144 Å². The van der Waals surface area contributed by atoms with Gasteiger partial charge in [-0.05, 0) is 45.6 Å². The first-order valence-corrected chi connectivity index (χ1v) is 8.64. The predicted octanol–water partition coefficient (Wildman–Crippen LogP) is 2.45. The molecule has 1 aromatic rings. The van der Waals surface area contributed by atoms with E-state index in [0.29, 0.717) is 5.92 Å². The molecule has 0 bridgehead atoms. The van der Waals surface area contributed by atoms with Crippen LogP contribution in [-0.2, 0) is 4.74 Å². The Morgan fingerprint density at radius 1 is 1.33 bits per heavy atom. The smallest absolute Gasteiger partial charge is 0.422 e. The molecule has 7 nitrogen and oxygen atoms in total. The first-order chi connectivity index (χ1) is 11.4. The quantitative estimate of drug-likeness (QED) is 0.834. The number of aromatic nitrogens is 2. The maximum Gasteiger partial charge on any atom is 0.422 e. The molecule has 0 radical (unpaired) electrons. The van der Waals surface area contributed by atoms with Crippen LogP contribution < -0.4 is 10.3 Å². The monoisotopic (exact) mass is 335 g/mol. The third-order valence-electron chi connectivity index (χ3n) is 3.96. The second-order valence-electron chi connectivity index (χ2n) is 7.13. The van der Waals surface area contributed by atoms with Crippen molar-refractivity contribution in [1.82, 2.24) is 20.4 Å². The van der Waals surface area contributed by atoms with E-state index in [1.165, 1.54) is 0 Å². The van der Waals surface area contributed by atoms with Crippen molar-refractivity contribution in [2.24, 2.45) is 5.92 Å². The number of amides is 1. The lowest BCUT2D eigenvalue weighted by molar-refractivity contribution is 0.0305. The van der Waals surface area contributed by atoms with Crippen molar-refractivity contribution in [3.05, 3.63) is 18.5 Å². The normalized spacial score (nSPS) is 16.3. The molecule has 1 aromatic heterocycles. The fraction of sp³-hybridized carbons (Fsp3) is 0.706. The van der Waals surface area contributed by atoms with Gasteiger partial charge in [-0.1, -0.05) is 6.92 Å². The minimum absolute atomic E-state index is 0.389. The van der Waals surface area contributed by atoms with E-state index in [-0.39, 0.29) is 6.09 Å². The van der Waals surface area contributed by atoms with Crippen molar-refractivity contribution in [3.63, 3.8) is 0 Å². The zero-order chi connectivity index (χ0) is 17.6. The molecule has 1 N–H and O–H groups in total. The third-order valence-corrected chi connectivity index (χ3v) is 3.96. The van der Waals surface area contributed by atoms with Gasteiger partial charge in [0.2, 0.25) is 5.95 Å². The lowest BCUT2D eigenvalue weighted by Crippen LogP contribution is -2.48. The summed E-state index contributed by atoms with van der Waals surface area (Å²) < 4.78 is 5.32. The van der Waals surface area contributed by atoms with Crippen molar-refractivity contribution in [2.75, 3.05) is 31.1 Å². The Hall–Kier alpha value is -1.89. The highest BCUT2D eigenvalue weighted by atomic mass is 16.6. The van der Waals surface area contributed by atoms with Crippen LogP contribution in [0.15, 0.2) is 18.5 Å². The van der Waals surface area contributed by atoms with Crippen molar-refractivity contribution >= 4 is 12.0 Å². The Morgan fingerprint density at radius 3 is 2.50 bits per heavy atom. The van der Waals surface area contributed by atoms with Crippen LogP contribution in [-0.4, -0.2) is 52.9 Å². The fourth-order valence-corrected chi connectivity index (χ4v) is 2.77. The summed E-state index contributed by atoms with van der Waals surface area (Å²) in [6.07, 6.45) is 5.28. The predicted molar refractivity (Wildman–Crippen MR) is 93.6 cm³/mol. The SMILES string of the molecule is CCN(CC1CCN(c2ncccn2)CC1)NC(=O)OC(C)(C)C. The Kier molecular flexibility index (Phi) is 6.36. The number of nitrogens with one attached hydrogen (secondary N) is 1. The highest BCUT2D eigenvalue weighted by Crippen LogP contribution is 2.20. The number of hydrogen-bond acceptors (Lipinski definition) is 6. The van der Waals surface area contributed by atoms with Gasteiger partial charge in [-0.3, -0.25) is 5.43 Å². The van der Waals surface area contributed by atoms with Crippen LogP contribution in [0.25, 0.3) is 0 Å². The number of piperidine rings is 1. The number of carbonyl (C=O) groups is 1. The number of hydrogen-bond donors (Lipinski definition) is 1. The van der Waals surface area contributed by atoms with Gasteiger partial charge >= 0.3 is 6.09 Å². The number of ether oxygens (including phenoxy) is 1. The Bertz CT molecular complexity index is 509. The summed E-state index contributed by atoms with van der Waals surface area (Å²) in [5.74, 6) is 1.34. The minimum Gasteiger partial charge on any atom is -0.443 e. The molecule has 134 valence electrons. The second-order valence-corrected chi connectivity index (χ2v) is 7.13. The molecule has 1 aliphatic heterocycles. The number of nitrogens with zero attached hydrogens (tertiary/aromatic N) is 4. The molecule has 0 spiro atoms. The molecular weight excluding hydrogens is 306 g/mol. The van der Waals surface area contributed by atoms with Crippen molar-refractivity contribution in [2.45, 2.75) is 46.1 Å². The van der Waals surface area contributed by atoms with Crippen molar-refractivity contribution in [3.8, 4) is 0 Å². The summed E-state index contributed by atoms with van der Waals surface area (Å²) in [6.45, 7) is 11.1. The van der Waals surface area contributed by atoms with Gasteiger partial charge in [-0.25, -0.2) is 19.8 Å². The van der Waals surface area contributed by atoms with Crippen LogP contribution >= 0.6 is 0 Å². The molecule has 0 unspecified atom stereocenters. The fourth-order valence-electron chi connectivity index (χ4n) is 2.77. The number of carbonyl (C=O) groups excluding carboxylic acids is 1. The summed E-state index contributed by atoms with van der Waals surface area (Å²) in [5, 5.41) is 1.94. The summed E-state index contributed by atoms with van der Waals surface area (Å²) in [6, 6.07) is 1.83. The average Bonchev–Trinajstić information content (AvgIpc) is 2.54. The lowest BCUT2D eigenvalue weighted by atomic mass is 9.97. The minimum atomic E-state index is -0.482. The van der Waals surface area contributed by atoms with Gasteiger partial charge in [-0.2, -0.15) is 0 Å². The standard InChI is InChI=1S/C17H29N5O2/c1-5-22(20-16(23)24-17(2,3)4)13-14-7-11-21(12-8-14)15-18-9-6-10-19-15/h6,9-10,14H,5,7-8,11-13H2,1-4H3,(H,20,23). The van der Waals surface area contributed by atoms with E-state index in [4.69, 9.17) is 4.74 Å². The van der Waals surface area contributed by atoms with Gasteiger partial charge in [-0.15, -0.1) is 0 Å². The van der Waals surface area contributed by atoms with Crippen LogP contribution in [0.5, 0.6) is 0 Å². The first-order valence-electron chi connectivity index (χ1n) is 8.64. The molecule has 1 fully saturated rings. The molecule has 0 aliphatic carbocycles. The third kappa shape index (κ3) is 5.96. The van der Waals surface area contributed by atoms with E-state index in [9.17, 15) is 4.79 Å². The summed E-state index contributed by atoms with van der Waals surface area (Å²) >= 11 is 0. The van der Waals surface area contributed by atoms with Crippen molar-refractivity contribution < 1.29 is 9.53 Å². The topological polar surface area (TPSA) is 70.6 Å². The van der Waals surface area contributed by atoms with Gasteiger partial charge in [0, 0.05) is 38.6 Å². The molecule has 0 saturated carbocycles. The van der Waals surface area contributed by atoms with E-state index >= 15 is 0 Å². The zero-order valence-corrected chi connectivity index (χ0v) is 15.2. The maximum absolute atomic E-state index is 11.9. The van der Waals surface area contributed by atoms with Gasteiger partial charge < -0.3 is 9.64 Å². The van der Waals surface area contributed by atoms with Crippen LogP contribution in [0.1, 0.15) is 40.5 Å². The zero-order valence-electron chi connectivity index (χ0n) is 15.2. The molecule has 2 heterocycles. The highest BCUT2D eigenvalue weighted by Gasteiger charge is 2.24.